The van der Waals surface area contributed by atoms with Crippen LogP contribution in [0.1, 0.15) is 64.5 Å². The van der Waals surface area contributed by atoms with E-state index in [0.717, 1.165) is 49.1 Å². The number of amides is 1. The van der Waals surface area contributed by atoms with Crippen molar-refractivity contribution in [2.24, 2.45) is 5.10 Å². The maximum absolute atomic E-state index is 12.7. The van der Waals surface area contributed by atoms with Crippen molar-refractivity contribution in [1.82, 2.24) is 25.9 Å². The lowest BCUT2D eigenvalue weighted by molar-refractivity contribution is 0.0946. The number of aromatic amines is 1. The van der Waals surface area contributed by atoms with Crippen molar-refractivity contribution >= 4 is 18.2 Å². The van der Waals surface area contributed by atoms with Crippen LogP contribution in [0.15, 0.2) is 17.4 Å². The fourth-order valence-electron chi connectivity index (χ4n) is 4.71. The van der Waals surface area contributed by atoms with Crippen LogP contribution in [0.2, 0.25) is 0 Å². The van der Waals surface area contributed by atoms with E-state index in [1.54, 1.807) is 6.20 Å². The van der Waals surface area contributed by atoms with E-state index in [0.29, 0.717) is 11.7 Å². The second-order valence-electron chi connectivity index (χ2n) is 8.15. The molecular formula is C21H22N6O. The number of hydrogen-bond acceptors (Lipinski definition) is 5. The van der Waals surface area contributed by atoms with Gasteiger partial charge in [-0.15, -0.1) is 0 Å². The molecule has 0 aromatic carbocycles. The van der Waals surface area contributed by atoms with Crippen LogP contribution < -0.4 is 10.7 Å². The molecule has 2 aromatic rings. The highest BCUT2D eigenvalue weighted by molar-refractivity contribution is 5.99. The number of fused-ring (bicyclic) bond motifs is 5. The smallest absolute Gasteiger partial charge is 0.270 e. The lowest BCUT2D eigenvalue weighted by atomic mass is 9.77. The van der Waals surface area contributed by atoms with Gasteiger partial charge in [0.25, 0.3) is 5.91 Å². The highest BCUT2D eigenvalue weighted by atomic mass is 16.2. The van der Waals surface area contributed by atoms with Gasteiger partial charge in [-0.05, 0) is 61.3 Å². The first-order valence-electron chi connectivity index (χ1n) is 10.2. The van der Waals surface area contributed by atoms with Crippen LogP contribution in [0.5, 0.6) is 0 Å². The molecule has 1 saturated carbocycles. The highest BCUT2D eigenvalue weighted by Gasteiger charge is 2.35. The Kier molecular flexibility index (Phi) is 3.45. The van der Waals surface area contributed by atoms with E-state index in [2.05, 4.69) is 38.2 Å². The molecule has 3 heterocycles. The van der Waals surface area contributed by atoms with Crippen molar-refractivity contribution in [1.29, 1.82) is 0 Å². The SMILES string of the molecule is O=C(NC1CC1)c1[nH]ncc1-c1nc2c(c3c1CCCC3)C1C=NNC1C=C2. The summed E-state index contributed by atoms with van der Waals surface area (Å²) < 4.78 is 0. The van der Waals surface area contributed by atoms with Crippen molar-refractivity contribution in [3.05, 3.63) is 40.4 Å². The van der Waals surface area contributed by atoms with Gasteiger partial charge in [-0.1, -0.05) is 6.08 Å². The Morgan fingerprint density at radius 1 is 1.18 bits per heavy atom. The normalized spacial score (nSPS) is 24.3. The molecule has 0 bridgehead atoms. The van der Waals surface area contributed by atoms with Crippen LogP contribution >= 0.6 is 0 Å². The summed E-state index contributed by atoms with van der Waals surface area (Å²) in [6.07, 6.45) is 14.5. The van der Waals surface area contributed by atoms with Crippen molar-refractivity contribution in [2.75, 3.05) is 0 Å². The van der Waals surface area contributed by atoms with Gasteiger partial charge in [-0.25, -0.2) is 4.98 Å². The first-order chi connectivity index (χ1) is 13.8. The molecule has 6 rings (SSSR count). The molecule has 3 aliphatic carbocycles. The lowest BCUT2D eigenvalue weighted by Gasteiger charge is -2.29. The molecule has 0 spiro atoms. The quantitative estimate of drug-likeness (QED) is 0.768. The zero-order chi connectivity index (χ0) is 18.7. The van der Waals surface area contributed by atoms with Gasteiger partial charge in [-0.3, -0.25) is 9.89 Å². The van der Waals surface area contributed by atoms with Gasteiger partial charge < -0.3 is 10.7 Å². The minimum atomic E-state index is -0.0817. The Labute approximate surface area is 162 Å². The van der Waals surface area contributed by atoms with Gasteiger partial charge in [0, 0.05) is 18.2 Å². The number of rotatable bonds is 3. The van der Waals surface area contributed by atoms with E-state index in [4.69, 9.17) is 4.98 Å². The zero-order valence-corrected chi connectivity index (χ0v) is 15.5. The third-order valence-corrected chi connectivity index (χ3v) is 6.26. The molecule has 2 unspecified atom stereocenters. The number of H-pyrrole nitrogens is 1. The number of nitrogens with one attached hydrogen (secondary N) is 3. The maximum Gasteiger partial charge on any atom is 0.270 e. The molecule has 4 aliphatic rings. The predicted molar refractivity (Wildman–Crippen MR) is 106 cm³/mol. The zero-order valence-electron chi connectivity index (χ0n) is 15.5. The number of hydrazone groups is 1. The standard InChI is InChI=1S/C21H22N6O/c28-21(24-11-5-6-11)20-15(10-23-27-20)19-13-4-2-1-3-12(13)18-14-9-22-26-16(14)7-8-17(18)25-19/h7-11,14,16,26H,1-6H2,(H,23,27)(H,24,28). The summed E-state index contributed by atoms with van der Waals surface area (Å²) >= 11 is 0. The lowest BCUT2D eigenvalue weighted by Crippen LogP contribution is -2.29. The van der Waals surface area contributed by atoms with Gasteiger partial charge in [0.15, 0.2) is 0 Å². The van der Waals surface area contributed by atoms with E-state index in [9.17, 15) is 4.79 Å². The molecular weight excluding hydrogens is 352 g/mol. The van der Waals surface area contributed by atoms with Crippen LogP contribution in [-0.2, 0) is 12.8 Å². The predicted octanol–water partition coefficient (Wildman–Crippen LogP) is 2.31. The Hall–Kier alpha value is -2.96. The van der Waals surface area contributed by atoms with Crippen LogP contribution in [0, 0.1) is 0 Å². The molecule has 3 N–H and O–H groups in total. The summed E-state index contributed by atoms with van der Waals surface area (Å²) in [6.45, 7) is 0. The van der Waals surface area contributed by atoms with E-state index in [-0.39, 0.29) is 17.9 Å². The first-order valence-corrected chi connectivity index (χ1v) is 10.2. The Bertz CT molecular complexity index is 1030. The van der Waals surface area contributed by atoms with Crippen LogP contribution in [-0.4, -0.2) is 39.4 Å². The monoisotopic (exact) mass is 374 g/mol. The largest absolute Gasteiger partial charge is 0.348 e. The topological polar surface area (TPSA) is 95.1 Å². The number of carbonyl (C=O) groups is 1. The van der Waals surface area contributed by atoms with Crippen molar-refractivity contribution < 1.29 is 4.79 Å². The van der Waals surface area contributed by atoms with Gasteiger partial charge in [-0.2, -0.15) is 10.2 Å². The van der Waals surface area contributed by atoms with Crippen molar-refractivity contribution in [3.8, 4) is 11.3 Å². The van der Waals surface area contributed by atoms with E-state index >= 15 is 0 Å². The third kappa shape index (κ3) is 2.42. The summed E-state index contributed by atoms with van der Waals surface area (Å²) in [4.78, 5) is 17.8. The molecule has 7 nitrogen and oxygen atoms in total. The van der Waals surface area contributed by atoms with Gasteiger partial charge in [0.05, 0.1) is 29.2 Å². The average molecular weight is 374 g/mol. The first kappa shape index (κ1) is 16.0. The van der Waals surface area contributed by atoms with Crippen molar-refractivity contribution in [2.45, 2.75) is 56.5 Å². The molecule has 7 heteroatoms. The highest BCUT2D eigenvalue weighted by Crippen LogP contribution is 2.41. The average Bonchev–Trinajstić information content (AvgIpc) is 3.20. The van der Waals surface area contributed by atoms with Gasteiger partial charge >= 0.3 is 0 Å². The number of nitrogens with zero attached hydrogens (tertiary/aromatic N) is 3. The molecule has 2 aromatic heterocycles. The van der Waals surface area contributed by atoms with Gasteiger partial charge in [0.1, 0.15) is 5.69 Å². The Morgan fingerprint density at radius 2 is 2.04 bits per heavy atom. The molecule has 2 atom stereocenters. The summed E-state index contributed by atoms with van der Waals surface area (Å²) in [5, 5.41) is 14.5. The minimum absolute atomic E-state index is 0.0817. The number of aromatic nitrogens is 3. The molecule has 1 aliphatic heterocycles. The van der Waals surface area contributed by atoms with Gasteiger partial charge in [0.2, 0.25) is 0 Å². The Balaban J connectivity index is 1.51. The molecule has 0 saturated heterocycles. The van der Waals surface area contributed by atoms with E-state index in [1.165, 1.54) is 23.1 Å². The Morgan fingerprint density at radius 3 is 2.89 bits per heavy atom. The fraction of sp³-hybridized carbons (Fsp3) is 0.429. The molecule has 142 valence electrons. The van der Waals surface area contributed by atoms with Crippen LogP contribution in [0.3, 0.4) is 0 Å². The number of pyridine rings is 1. The third-order valence-electron chi connectivity index (χ3n) is 6.26. The van der Waals surface area contributed by atoms with E-state index < -0.39 is 0 Å². The van der Waals surface area contributed by atoms with E-state index in [1.807, 2.05) is 6.21 Å². The summed E-state index contributed by atoms with van der Waals surface area (Å²) in [6, 6.07) is 0.531. The summed E-state index contributed by atoms with van der Waals surface area (Å²) in [7, 11) is 0. The maximum atomic E-state index is 12.7. The molecule has 1 amide bonds. The van der Waals surface area contributed by atoms with Crippen molar-refractivity contribution in [3.63, 3.8) is 0 Å². The second kappa shape index (κ2) is 6.02. The summed E-state index contributed by atoms with van der Waals surface area (Å²) in [5.41, 5.74) is 10.4. The van der Waals surface area contributed by atoms with Crippen LogP contribution in [0.4, 0.5) is 0 Å². The molecule has 0 radical (unpaired) electrons. The fourth-order valence-corrected chi connectivity index (χ4v) is 4.71. The second-order valence-corrected chi connectivity index (χ2v) is 8.15. The summed E-state index contributed by atoms with van der Waals surface area (Å²) in [5.74, 6) is 0.164. The molecule has 28 heavy (non-hydrogen) atoms. The minimum Gasteiger partial charge on any atom is -0.348 e. The van der Waals surface area contributed by atoms with Crippen LogP contribution in [0.25, 0.3) is 17.3 Å². The number of hydrogen-bond donors (Lipinski definition) is 3. The molecule has 1 fully saturated rings. The number of carbonyl (C=O) groups excluding carboxylic acids is 1.